The van der Waals surface area contributed by atoms with Crippen LogP contribution >= 0.6 is 0 Å². The Hall–Kier alpha value is -3.53. The van der Waals surface area contributed by atoms with E-state index in [4.69, 9.17) is 0 Å². The predicted octanol–water partition coefficient (Wildman–Crippen LogP) is 1.89. The molecule has 10 heteroatoms. The van der Waals surface area contributed by atoms with Gasteiger partial charge in [-0.15, -0.1) is 0 Å². The fourth-order valence-corrected chi connectivity index (χ4v) is 3.51. The van der Waals surface area contributed by atoms with Crippen molar-refractivity contribution in [3.8, 4) is 0 Å². The van der Waals surface area contributed by atoms with Crippen molar-refractivity contribution in [3.05, 3.63) is 47.4 Å². The van der Waals surface area contributed by atoms with Gasteiger partial charge in [-0.05, 0) is 32.0 Å². The molecule has 1 saturated heterocycles. The van der Waals surface area contributed by atoms with Crippen molar-refractivity contribution >= 4 is 29.3 Å². The normalized spacial score (nSPS) is 14.5. The van der Waals surface area contributed by atoms with Crippen LogP contribution in [0.1, 0.15) is 16.8 Å². The topological polar surface area (TPSA) is 115 Å². The molecule has 0 unspecified atom stereocenters. The van der Waals surface area contributed by atoms with E-state index in [9.17, 15) is 4.79 Å². The zero-order valence-electron chi connectivity index (χ0n) is 18.0. The number of rotatable bonds is 6. The summed E-state index contributed by atoms with van der Waals surface area (Å²) in [5.41, 5.74) is 3.61. The fourth-order valence-electron chi connectivity index (χ4n) is 3.51. The molecular weight excluding hydrogens is 394 g/mol. The molecule has 4 rings (SSSR count). The monoisotopic (exact) mass is 421 g/mol. The zero-order valence-corrected chi connectivity index (χ0v) is 18.0. The highest BCUT2D eigenvalue weighted by Gasteiger charge is 2.17. The molecule has 0 radical (unpaired) electrons. The summed E-state index contributed by atoms with van der Waals surface area (Å²) < 4.78 is 0. The van der Waals surface area contributed by atoms with Gasteiger partial charge in [-0.3, -0.25) is 9.89 Å². The molecule has 3 heterocycles. The lowest BCUT2D eigenvalue weighted by Gasteiger charge is -2.32. The van der Waals surface area contributed by atoms with Gasteiger partial charge in [0.2, 0.25) is 17.8 Å². The average Bonchev–Trinajstić information content (AvgIpc) is 3.18. The van der Waals surface area contributed by atoms with E-state index in [1.54, 1.807) is 6.07 Å². The number of amides is 1. The molecule has 31 heavy (non-hydrogen) atoms. The van der Waals surface area contributed by atoms with Crippen LogP contribution < -0.4 is 15.5 Å². The molecule has 1 aromatic carbocycles. The SMILES string of the molecule is Cc1cccc(C)c1NC(=O)Cc1cc(Nc2ncnc(N3CCN(C)CC3)n2)n[nH]1. The minimum Gasteiger partial charge on any atom is -0.338 e. The summed E-state index contributed by atoms with van der Waals surface area (Å²) in [6.07, 6.45) is 1.68. The molecule has 10 nitrogen and oxygen atoms in total. The number of para-hydroxylation sites is 1. The van der Waals surface area contributed by atoms with Crippen LogP contribution in [-0.4, -0.2) is 69.2 Å². The molecule has 0 saturated carbocycles. The number of anilines is 4. The van der Waals surface area contributed by atoms with E-state index in [1.807, 2.05) is 32.0 Å². The number of aromatic nitrogens is 5. The Labute approximate surface area is 181 Å². The average molecular weight is 422 g/mol. The lowest BCUT2D eigenvalue weighted by molar-refractivity contribution is -0.115. The van der Waals surface area contributed by atoms with Gasteiger partial charge in [-0.1, -0.05) is 18.2 Å². The fraction of sp³-hybridized carbons (Fsp3) is 0.381. The Morgan fingerprint density at radius 3 is 2.61 bits per heavy atom. The van der Waals surface area contributed by atoms with Crippen LogP contribution in [0.3, 0.4) is 0 Å². The maximum absolute atomic E-state index is 12.5. The summed E-state index contributed by atoms with van der Waals surface area (Å²) in [6.45, 7) is 7.66. The highest BCUT2D eigenvalue weighted by molar-refractivity contribution is 5.93. The lowest BCUT2D eigenvalue weighted by atomic mass is 10.1. The summed E-state index contributed by atoms with van der Waals surface area (Å²) in [6, 6.07) is 7.71. The molecule has 162 valence electrons. The summed E-state index contributed by atoms with van der Waals surface area (Å²) in [7, 11) is 2.11. The molecular formula is C21H27N9O. The van der Waals surface area contributed by atoms with Crippen LogP contribution in [-0.2, 0) is 11.2 Å². The van der Waals surface area contributed by atoms with E-state index in [0.717, 1.165) is 43.0 Å². The van der Waals surface area contributed by atoms with E-state index in [1.165, 1.54) is 6.33 Å². The maximum Gasteiger partial charge on any atom is 0.233 e. The van der Waals surface area contributed by atoms with Gasteiger partial charge in [0.25, 0.3) is 0 Å². The van der Waals surface area contributed by atoms with Crippen LogP contribution in [0, 0.1) is 13.8 Å². The highest BCUT2D eigenvalue weighted by Crippen LogP contribution is 2.20. The van der Waals surface area contributed by atoms with Gasteiger partial charge in [-0.25, -0.2) is 9.97 Å². The number of piperazine rings is 1. The van der Waals surface area contributed by atoms with Gasteiger partial charge in [0, 0.05) is 43.6 Å². The summed E-state index contributed by atoms with van der Waals surface area (Å²) in [5, 5.41) is 13.2. The van der Waals surface area contributed by atoms with Crippen LogP contribution in [0.15, 0.2) is 30.6 Å². The first-order chi connectivity index (χ1) is 15.0. The van der Waals surface area contributed by atoms with Gasteiger partial charge in [-0.2, -0.15) is 10.1 Å². The Balaban J connectivity index is 1.37. The highest BCUT2D eigenvalue weighted by atomic mass is 16.1. The Morgan fingerprint density at radius 1 is 1.13 bits per heavy atom. The quantitative estimate of drug-likeness (QED) is 0.553. The first-order valence-corrected chi connectivity index (χ1v) is 10.3. The second kappa shape index (κ2) is 9.09. The molecule has 1 amide bonds. The van der Waals surface area contributed by atoms with Crippen LogP contribution in [0.4, 0.5) is 23.4 Å². The van der Waals surface area contributed by atoms with Gasteiger partial charge in [0.1, 0.15) is 6.33 Å². The molecule has 0 aliphatic carbocycles. The second-order valence-electron chi connectivity index (χ2n) is 7.79. The minimum atomic E-state index is -0.106. The third-order valence-electron chi connectivity index (χ3n) is 5.31. The van der Waals surface area contributed by atoms with Crippen molar-refractivity contribution in [1.29, 1.82) is 0 Å². The Kier molecular flexibility index (Phi) is 6.08. The molecule has 1 aliphatic rings. The van der Waals surface area contributed by atoms with Crippen LogP contribution in [0.5, 0.6) is 0 Å². The van der Waals surface area contributed by atoms with Crippen LogP contribution in [0.2, 0.25) is 0 Å². The standard InChI is InChI=1S/C21H27N9O/c1-14-5-4-6-15(2)19(14)25-18(31)12-16-11-17(28-27-16)24-20-22-13-23-21(26-20)30-9-7-29(3)8-10-30/h4-6,11,13H,7-10,12H2,1-3H3,(H,25,31)(H2,22,23,24,26,27,28). The number of aryl methyl sites for hydroxylation is 2. The zero-order chi connectivity index (χ0) is 21.8. The number of hydrogen-bond donors (Lipinski definition) is 3. The van der Waals surface area contributed by atoms with Crippen molar-refractivity contribution < 1.29 is 4.79 Å². The van der Waals surface area contributed by atoms with E-state index >= 15 is 0 Å². The van der Waals surface area contributed by atoms with Crippen molar-refractivity contribution in [2.45, 2.75) is 20.3 Å². The molecule has 0 spiro atoms. The van der Waals surface area contributed by atoms with E-state index in [0.29, 0.717) is 23.4 Å². The Morgan fingerprint density at radius 2 is 1.87 bits per heavy atom. The molecule has 3 N–H and O–H groups in total. The number of benzene rings is 1. The molecule has 1 aliphatic heterocycles. The number of carbonyl (C=O) groups is 1. The molecule has 0 atom stereocenters. The lowest BCUT2D eigenvalue weighted by Crippen LogP contribution is -2.45. The van der Waals surface area contributed by atoms with Crippen LogP contribution in [0.25, 0.3) is 0 Å². The third kappa shape index (κ3) is 5.15. The van der Waals surface area contributed by atoms with Gasteiger partial charge < -0.3 is 20.4 Å². The predicted molar refractivity (Wildman–Crippen MR) is 120 cm³/mol. The molecule has 3 aromatic rings. The van der Waals surface area contributed by atoms with Gasteiger partial charge in [0.05, 0.1) is 6.42 Å². The number of nitrogens with one attached hydrogen (secondary N) is 3. The van der Waals surface area contributed by atoms with Crippen molar-refractivity contribution in [2.24, 2.45) is 0 Å². The van der Waals surface area contributed by atoms with Crippen molar-refractivity contribution in [1.82, 2.24) is 30.0 Å². The molecule has 0 bridgehead atoms. The number of likely N-dealkylation sites (N-methyl/N-ethyl adjacent to an activating group) is 1. The largest absolute Gasteiger partial charge is 0.338 e. The number of carbonyl (C=O) groups excluding carboxylic acids is 1. The smallest absolute Gasteiger partial charge is 0.233 e. The minimum absolute atomic E-state index is 0.106. The van der Waals surface area contributed by atoms with Crippen molar-refractivity contribution in [2.75, 3.05) is 48.8 Å². The van der Waals surface area contributed by atoms with Gasteiger partial charge in [0.15, 0.2) is 5.82 Å². The number of nitrogens with zero attached hydrogens (tertiary/aromatic N) is 6. The van der Waals surface area contributed by atoms with Crippen molar-refractivity contribution in [3.63, 3.8) is 0 Å². The molecule has 1 fully saturated rings. The first kappa shape index (κ1) is 20.7. The molecule has 2 aromatic heterocycles. The van der Waals surface area contributed by atoms with E-state index in [2.05, 4.69) is 52.6 Å². The second-order valence-corrected chi connectivity index (χ2v) is 7.79. The first-order valence-electron chi connectivity index (χ1n) is 10.3. The third-order valence-corrected chi connectivity index (χ3v) is 5.31. The summed E-state index contributed by atoms with van der Waals surface area (Å²) in [5.74, 6) is 1.51. The van der Waals surface area contributed by atoms with E-state index in [-0.39, 0.29) is 12.3 Å². The van der Waals surface area contributed by atoms with Gasteiger partial charge >= 0.3 is 0 Å². The summed E-state index contributed by atoms with van der Waals surface area (Å²) >= 11 is 0. The summed E-state index contributed by atoms with van der Waals surface area (Å²) in [4.78, 5) is 29.9. The number of H-pyrrole nitrogens is 1. The Bertz CT molecular complexity index is 1040. The number of hydrogen-bond acceptors (Lipinski definition) is 8. The maximum atomic E-state index is 12.5. The number of aromatic amines is 1. The van der Waals surface area contributed by atoms with E-state index < -0.39 is 0 Å².